The molecule has 0 aliphatic carbocycles. The number of benzene rings is 1. The maximum atomic E-state index is 10.2. The fourth-order valence-corrected chi connectivity index (χ4v) is 4.44. The molecule has 2 heterocycles. The van der Waals surface area contributed by atoms with Gasteiger partial charge in [-0.25, -0.2) is 0 Å². The first-order valence-corrected chi connectivity index (χ1v) is 10.2. The summed E-state index contributed by atoms with van der Waals surface area (Å²) >= 11 is 3.10. The molecule has 0 radical (unpaired) electrons. The third-order valence-electron chi connectivity index (χ3n) is 4.18. The van der Waals surface area contributed by atoms with E-state index in [2.05, 4.69) is 27.3 Å². The average molecular weight is 365 g/mol. The number of aliphatic hydroxyl groups excluding tert-OH is 1. The first-order valence-electron chi connectivity index (χ1n) is 8.38. The molecular formula is C17H24N4OS2. The Morgan fingerprint density at radius 1 is 1.29 bits per heavy atom. The van der Waals surface area contributed by atoms with Gasteiger partial charge in [-0.2, -0.15) is 0 Å². The zero-order valence-corrected chi connectivity index (χ0v) is 15.5. The van der Waals surface area contributed by atoms with Gasteiger partial charge in [0.15, 0.2) is 4.34 Å². The topological polar surface area (TPSA) is 61.3 Å². The molecule has 1 aliphatic heterocycles. The van der Waals surface area contributed by atoms with E-state index in [1.54, 1.807) is 11.8 Å². The lowest BCUT2D eigenvalue weighted by atomic mass is 9.99. The van der Waals surface area contributed by atoms with Gasteiger partial charge in [-0.1, -0.05) is 48.2 Å². The first kappa shape index (κ1) is 17.7. The van der Waals surface area contributed by atoms with Gasteiger partial charge in [0.1, 0.15) is 0 Å². The Labute approximate surface area is 151 Å². The van der Waals surface area contributed by atoms with Crippen molar-refractivity contribution in [2.24, 2.45) is 5.92 Å². The minimum absolute atomic E-state index is 0.321. The van der Waals surface area contributed by atoms with Gasteiger partial charge in [0.05, 0.1) is 6.10 Å². The second-order valence-electron chi connectivity index (χ2n) is 6.31. The van der Waals surface area contributed by atoms with E-state index in [0.717, 1.165) is 40.7 Å². The second kappa shape index (κ2) is 8.80. The highest BCUT2D eigenvalue weighted by molar-refractivity contribution is 8.01. The lowest BCUT2D eigenvalue weighted by Gasteiger charge is -2.31. The number of para-hydroxylation sites is 1. The minimum atomic E-state index is -0.321. The molecule has 1 atom stereocenters. The molecule has 24 heavy (non-hydrogen) atoms. The van der Waals surface area contributed by atoms with Crippen molar-refractivity contribution in [2.45, 2.75) is 30.2 Å². The van der Waals surface area contributed by atoms with Gasteiger partial charge in [-0.05, 0) is 44.0 Å². The number of piperidine rings is 1. The molecule has 7 heteroatoms. The number of thioether (sulfide) groups is 1. The van der Waals surface area contributed by atoms with Crippen LogP contribution in [0.4, 0.5) is 10.8 Å². The Bertz CT molecular complexity index is 614. The molecule has 0 amide bonds. The molecule has 0 bridgehead atoms. The van der Waals surface area contributed by atoms with Crippen molar-refractivity contribution in [3.8, 4) is 0 Å². The van der Waals surface area contributed by atoms with Gasteiger partial charge >= 0.3 is 0 Å². The number of likely N-dealkylation sites (tertiary alicyclic amines) is 1. The lowest BCUT2D eigenvalue weighted by Crippen LogP contribution is -2.39. The van der Waals surface area contributed by atoms with Crippen LogP contribution in [0.2, 0.25) is 0 Å². The fourth-order valence-electron chi connectivity index (χ4n) is 2.73. The number of aromatic nitrogens is 2. The van der Waals surface area contributed by atoms with Crippen molar-refractivity contribution < 1.29 is 5.11 Å². The van der Waals surface area contributed by atoms with Crippen LogP contribution < -0.4 is 5.32 Å². The fraction of sp³-hybridized carbons (Fsp3) is 0.529. The summed E-state index contributed by atoms with van der Waals surface area (Å²) < 4.78 is 0.889. The van der Waals surface area contributed by atoms with Crippen LogP contribution in [0.1, 0.15) is 19.8 Å². The number of nitrogens with zero attached hydrogens (tertiary/aromatic N) is 3. The van der Waals surface area contributed by atoms with Crippen molar-refractivity contribution >= 4 is 33.9 Å². The lowest BCUT2D eigenvalue weighted by molar-refractivity contribution is 0.105. The highest BCUT2D eigenvalue weighted by Crippen LogP contribution is 2.28. The van der Waals surface area contributed by atoms with Crippen LogP contribution >= 0.6 is 23.1 Å². The van der Waals surface area contributed by atoms with E-state index < -0.39 is 0 Å². The zero-order valence-electron chi connectivity index (χ0n) is 13.9. The van der Waals surface area contributed by atoms with Crippen molar-refractivity contribution in [1.82, 2.24) is 15.1 Å². The maximum Gasteiger partial charge on any atom is 0.210 e. The molecule has 130 valence electrons. The summed E-state index contributed by atoms with van der Waals surface area (Å²) in [5, 5.41) is 22.6. The normalized spacial score (nSPS) is 17.8. The van der Waals surface area contributed by atoms with Crippen LogP contribution in [-0.4, -0.2) is 51.7 Å². The molecule has 0 saturated carbocycles. The number of nitrogens with one attached hydrogen (secondary N) is 1. The second-order valence-corrected chi connectivity index (χ2v) is 8.56. The Morgan fingerprint density at radius 3 is 2.79 bits per heavy atom. The third kappa shape index (κ3) is 5.44. The smallest absolute Gasteiger partial charge is 0.210 e. The van der Waals surface area contributed by atoms with E-state index in [-0.39, 0.29) is 6.10 Å². The number of hydrogen-bond donors (Lipinski definition) is 2. The van der Waals surface area contributed by atoms with Crippen LogP contribution in [0.5, 0.6) is 0 Å². The quantitative estimate of drug-likeness (QED) is 0.734. The van der Waals surface area contributed by atoms with Gasteiger partial charge in [-0.3, -0.25) is 0 Å². The number of hydrogen-bond acceptors (Lipinski definition) is 7. The number of β-amino-alcohol motifs (C(OH)–C–C–N with tert-alkyl or cyclic N) is 1. The summed E-state index contributed by atoms with van der Waals surface area (Å²) in [5.41, 5.74) is 1.00. The highest BCUT2D eigenvalue weighted by atomic mass is 32.2. The van der Waals surface area contributed by atoms with E-state index in [1.165, 1.54) is 24.2 Å². The maximum absolute atomic E-state index is 10.2. The van der Waals surface area contributed by atoms with E-state index in [4.69, 9.17) is 0 Å². The molecule has 5 nitrogen and oxygen atoms in total. The molecule has 1 aromatic heterocycles. The Balaban J connectivity index is 1.42. The number of aliphatic hydroxyl groups is 1. The molecular weight excluding hydrogens is 340 g/mol. The predicted octanol–water partition coefficient (Wildman–Crippen LogP) is 3.47. The van der Waals surface area contributed by atoms with Crippen molar-refractivity contribution in [3.05, 3.63) is 30.3 Å². The molecule has 2 aromatic rings. The van der Waals surface area contributed by atoms with Crippen LogP contribution in [0.15, 0.2) is 34.7 Å². The Morgan fingerprint density at radius 2 is 2.04 bits per heavy atom. The molecule has 2 N–H and O–H groups in total. The molecule has 3 rings (SSSR count). The molecule has 1 aromatic carbocycles. The van der Waals surface area contributed by atoms with Crippen molar-refractivity contribution in [2.75, 3.05) is 30.7 Å². The van der Waals surface area contributed by atoms with E-state index in [1.807, 2.05) is 30.3 Å². The van der Waals surface area contributed by atoms with E-state index in [9.17, 15) is 5.11 Å². The summed E-state index contributed by atoms with van der Waals surface area (Å²) in [7, 11) is 0. The molecule has 1 fully saturated rings. The van der Waals surface area contributed by atoms with Gasteiger partial charge in [0, 0.05) is 18.0 Å². The van der Waals surface area contributed by atoms with E-state index >= 15 is 0 Å². The van der Waals surface area contributed by atoms with Crippen LogP contribution in [0.3, 0.4) is 0 Å². The summed E-state index contributed by atoms with van der Waals surface area (Å²) in [4.78, 5) is 2.37. The SMILES string of the molecule is CC1CCN(CC(O)CSc2nnc(Nc3ccccc3)s2)CC1. The largest absolute Gasteiger partial charge is 0.391 e. The molecule has 1 saturated heterocycles. The predicted molar refractivity (Wildman–Crippen MR) is 101 cm³/mol. The monoisotopic (exact) mass is 364 g/mol. The number of anilines is 2. The highest BCUT2D eigenvalue weighted by Gasteiger charge is 2.18. The minimum Gasteiger partial charge on any atom is -0.391 e. The van der Waals surface area contributed by atoms with Gasteiger partial charge in [-0.15, -0.1) is 10.2 Å². The van der Waals surface area contributed by atoms with Gasteiger partial charge < -0.3 is 15.3 Å². The summed E-state index contributed by atoms with van der Waals surface area (Å²) in [5.74, 6) is 1.48. The van der Waals surface area contributed by atoms with E-state index in [0.29, 0.717) is 5.75 Å². The van der Waals surface area contributed by atoms with Crippen molar-refractivity contribution in [1.29, 1.82) is 0 Å². The zero-order chi connectivity index (χ0) is 16.8. The summed E-state index contributed by atoms with van der Waals surface area (Å²) in [6.45, 7) is 5.27. The Kier molecular flexibility index (Phi) is 6.48. The Hall–Kier alpha value is -1.15. The molecule has 1 aliphatic rings. The average Bonchev–Trinajstić information content (AvgIpc) is 3.03. The molecule has 0 spiro atoms. The molecule has 1 unspecified atom stereocenters. The summed E-state index contributed by atoms with van der Waals surface area (Å²) in [6, 6.07) is 9.94. The van der Waals surface area contributed by atoms with Crippen LogP contribution in [0.25, 0.3) is 0 Å². The van der Waals surface area contributed by atoms with Crippen LogP contribution in [-0.2, 0) is 0 Å². The summed E-state index contributed by atoms with van der Waals surface area (Å²) in [6.07, 6.45) is 2.16. The number of rotatable bonds is 7. The van der Waals surface area contributed by atoms with Gasteiger partial charge in [0.25, 0.3) is 0 Å². The first-order chi connectivity index (χ1) is 11.7. The standard InChI is InChI=1S/C17H24N4OS2/c1-13-7-9-21(10-8-13)11-15(22)12-23-17-20-19-16(24-17)18-14-5-3-2-4-6-14/h2-6,13,15,22H,7-12H2,1H3,(H,18,19). The van der Waals surface area contributed by atoms with Gasteiger partial charge in [0.2, 0.25) is 5.13 Å². The van der Waals surface area contributed by atoms with Crippen molar-refractivity contribution in [3.63, 3.8) is 0 Å². The van der Waals surface area contributed by atoms with Crippen LogP contribution in [0, 0.1) is 5.92 Å². The third-order valence-corrected chi connectivity index (χ3v) is 6.29.